The minimum atomic E-state index is 0.480. The molecule has 5 nitrogen and oxygen atoms in total. The van der Waals surface area contributed by atoms with Gasteiger partial charge in [-0.1, -0.05) is 56.0 Å². The number of aromatic nitrogens is 3. The average molecular weight is 297 g/mol. The van der Waals surface area contributed by atoms with Crippen molar-refractivity contribution in [3.05, 3.63) is 42.1 Å². The van der Waals surface area contributed by atoms with Crippen LogP contribution in [0.2, 0.25) is 0 Å². The van der Waals surface area contributed by atoms with E-state index in [0.29, 0.717) is 12.0 Å². The maximum Gasteiger partial charge on any atom is 0.244 e. The van der Waals surface area contributed by atoms with Crippen LogP contribution in [0.5, 0.6) is 0 Å². The van der Waals surface area contributed by atoms with Crippen LogP contribution in [0.1, 0.15) is 44.1 Å². The van der Waals surface area contributed by atoms with Crippen LogP contribution in [0.4, 0.5) is 11.8 Å². The Bertz CT molecular complexity index is 564. The summed E-state index contributed by atoms with van der Waals surface area (Å²) >= 11 is 0. The van der Waals surface area contributed by atoms with Crippen LogP contribution in [-0.2, 0) is 6.54 Å². The molecule has 1 fully saturated rings. The van der Waals surface area contributed by atoms with Crippen molar-refractivity contribution < 1.29 is 0 Å². The Morgan fingerprint density at radius 1 is 1.00 bits per heavy atom. The topological polar surface area (TPSA) is 62.7 Å². The maximum atomic E-state index is 4.52. The van der Waals surface area contributed by atoms with Gasteiger partial charge in [0, 0.05) is 12.6 Å². The SMILES string of the molecule is c1ccc(CNc2cnnc(NC3CCCCCC3)n2)cc1. The lowest BCUT2D eigenvalue weighted by Gasteiger charge is -2.16. The third-order valence-electron chi connectivity index (χ3n) is 4.06. The van der Waals surface area contributed by atoms with E-state index in [9.17, 15) is 0 Å². The predicted octanol–water partition coefficient (Wildman–Crippen LogP) is 3.62. The minimum absolute atomic E-state index is 0.480. The van der Waals surface area contributed by atoms with Crippen LogP contribution in [-0.4, -0.2) is 21.2 Å². The smallest absolute Gasteiger partial charge is 0.244 e. The number of hydrogen-bond acceptors (Lipinski definition) is 5. The summed E-state index contributed by atoms with van der Waals surface area (Å²) in [5, 5.41) is 14.9. The molecule has 0 aliphatic heterocycles. The Morgan fingerprint density at radius 3 is 2.55 bits per heavy atom. The molecule has 0 unspecified atom stereocenters. The zero-order chi connectivity index (χ0) is 15.0. The van der Waals surface area contributed by atoms with Gasteiger partial charge in [0.05, 0.1) is 6.20 Å². The van der Waals surface area contributed by atoms with Gasteiger partial charge in [0.25, 0.3) is 0 Å². The molecule has 2 N–H and O–H groups in total. The first-order valence-corrected chi connectivity index (χ1v) is 8.14. The fourth-order valence-corrected chi connectivity index (χ4v) is 2.84. The van der Waals surface area contributed by atoms with E-state index in [2.05, 4.69) is 37.9 Å². The standard InChI is InChI=1S/C17H23N5/c1-2-7-11-15(10-6-1)20-17-21-16(13-19-22-17)18-12-14-8-4-3-5-9-14/h3-5,8-9,13,15H,1-2,6-7,10-12H2,(H2,18,20,21,22). The van der Waals surface area contributed by atoms with Crippen molar-refractivity contribution in [1.29, 1.82) is 0 Å². The summed E-state index contributed by atoms with van der Waals surface area (Å²) in [7, 11) is 0. The monoisotopic (exact) mass is 297 g/mol. The summed E-state index contributed by atoms with van der Waals surface area (Å²) in [6.07, 6.45) is 9.33. The molecule has 0 spiro atoms. The van der Waals surface area contributed by atoms with E-state index in [0.717, 1.165) is 12.4 Å². The first kappa shape index (κ1) is 14.8. The van der Waals surface area contributed by atoms with Gasteiger partial charge in [0.1, 0.15) is 0 Å². The van der Waals surface area contributed by atoms with E-state index in [-0.39, 0.29) is 0 Å². The van der Waals surface area contributed by atoms with Crippen LogP contribution in [0.15, 0.2) is 36.5 Å². The summed E-state index contributed by atoms with van der Waals surface area (Å²) in [4.78, 5) is 4.52. The molecule has 0 bridgehead atoms. The first-order valence-electron chi connectivity index (χ1n) is 8.14. The average Bonchev–Trinajstić information content (AvgIpc) is 2.83. The second-order valence-electron chi connectivity index (χ2n) is 5.84. The third-order valence-corrected chi connectivity index (χ3v) is 4.06. The van der Waals surface area contributed by atoms with E-state index in [1.165, 1.54) is 44.1 Å². The van der Waals surface area contributed by atoms with Crippen molar-refractivity contribution in [3.63, 3.8) is 0 Å². The lowest BCUT2D eigenvalue weighted by molar-refractivity contribution is 0.613. The first-order chi connectivity index (χ1) is 10.9. The molecule has 1 heterocycles. The molecule has 1 aromatic heterocycles. The molecule has 0 saturated heterocycles. The Labute approximate surface area is 131 Å². The zero-order valence-corrected chi connectivity index (χ0v) is 12.8. The van der Waals surface area contributed by atoms with Crippen molar-refractivity contribution in [1.82, 2.24) is 15.2 Å². The van der Waals surface area contributed by atoms with Crippen LogP contribution in [0.3, 0.4) is 0 Å². The molecular weight excluding hydrogens is 274 g/mol. The summed E-state index contributed by atoms with van der Waals surface area (Å²) in [6.45, 7) is 0.738. The van der Waals surface area contributed by atoms with E-state index in [1.54, 1.807) is 6.20 Å². The molecule has 1 aromatic carbocycles. The highest BCUT2D eigenvalue weighted by Gasteiger charge is 2.13. The minimum Gasteiger partial charge on any atom is -0.365 e. The normalized spacial score (nSPS) is 16.0. The molecule has 3 rings (SSSR count). The highest BCUT2D eigenvalue weighted by atomic mass is 15.3. The van der Waals surface area contributed by atoms with Crippen molar-refractivity contribution in [2.24, 2.45) is 0 Å². The van der Waals surface area contributed by atoms with E-state index in [1.807, 2.05) is 18.2 Å². The van der Waals surface area contributed by atoms with Crippen LogP contribution in [0, 0.1) is 0 Å². The zero-order valence-electron chi connectivity index (χ0n) is 12.8. The van der Waals surface area contributed by atoms with Crippen molar-refractivity contribution in [2.45, 2.75) is 51.1 Å². The molecule has 1 aliphatic rings. The number of nitrogens with one attached hydrogen (secondary N) is 2. The van der Waals surface area contributed by atoms with Gasteiger partial charge in [-0.15, -0.1) is 5.10 Å². The number of benzene rings is 1. The molecule has 1 saturated carbocycles. The Hall–Kier alpha value is -2.17. The van der Waals surface area contributed by atoms with E-state index in [4.69, 9.17) is 0 Å². The largest absolute Gasteiger partial charge is 0.365 e. The van der Waals surface area contributed by atoms with Gasteiger partial charge in [0.15, 0.2) is 5.82 Å². The highest BCUT2D eigenvalue weighted by molar-refractivity contribution is 5.38. The van der Waals surface area contributed by atoms with Crippen molar-refractivity contribution in [2.75, 3.05) is 10.6 Å². The summed E-state index contributed by atoms with van der Waals surface area (Å²) in [5.74, 6) is 1.39. The fourth-order valence-electron chi connectivity index (χ4n) is 2.84. The van der Waals surface area contributed by atoms with Gasteiger partial charge in [-0.3, -0.25) is 0 Å². The van der Waals surface area contributed by atoms with Gasteiger partial charge in [-0.2, -0.15) is 10.1 Å². The fraction of sp³-hybridized carbons (Fsp3) is 0.471. The molecule has 2 aromatic rings. The molecule has 0 amide bonds. The molecule has 116 valence electrons. The van der Waals surface area contributed by atoms with Gasteiger partial charge in [0.2, 0.25) is 5.95 Å². The van der Waals surface area contributed by atoms with Gasteiger partial charge >= 0.3 is 0 Å². The lowest BCUT2D eigenvalue weighted by atomic mass is 10.1. The molecule has 1 aliphatic carbocycles. The summed E-state index contributed by atoms with van der Waals surface area (Å²) in [6, 6.07) is 10.7. The predicted molar refractivity (Wildman–Crippen MR) is 88.7 cm³/mol. The van der Waals surface area contributed by atoms with Gasteiger partial charge in [-0.25, -0.2) is 0 Å². The molecule has 0 radical (unpaired) electrons. The second-order valence-corrected chi connectivity index (χ2v) is 5.84. The molecule has 0 atom stereocenters. The Balaban J connectivity index is 1.57. The van der Waals surface area contributed by atoms with Crippen molar-refractivity contribution in [3.8, 4) is 0 Å². The molecule has 22 heavy (non-hydrogen) atoms. The third kappa shape index (κ3) is 4.41. The second kappa shape index (κ2) is 7.73. The molecular formula is C17H23N5. The quantitative estimate of drug-likeness (QED) is 0.825. The number of rotatable bonds is 5. The number of hydrogen-bond donors (Lipinski definition) is 2. The maximum absolute atomic E-state index is 4.52. The van der Waals surface area contributed by atoms with Crippen LogP contribution >= 0.6 is 0 Å². The van der Waals surface area contributed by atoms with Gasteiger partial charge in [-0.05, 0) is 18.4 Å². The Kier molecular flexibility index (Phi) is 5.18. The summed E-state index contributed by atoms with van der Waals surface area (Å²) < 4.78 is 0. The van der Waals surface area contributed by atoms with E-state index < -0.39 is 0 Å². The van der Waals surface area contributed by atoms with Gasteiger partial charge < -0.3 is 10.6 Å². The highest BCUT2D eigenvalue weighted by Crippen LogP contribution is 2.19. The van der Waals surface area contributed by atoms with Crippen LogP contribution in [0.25, 0.3) is 0 Å². The summed E-state index contributed by atoms with van der Waals surface area (Å²) in [5.41, 5.74) is 1.22. The van der Waals surface area contributed by atoms with E-state index >= 15 is 0 Å². The Morgan fingerprint density at radius 2 is 1.77 bits per heavy atom. The van der Waals surface area contributed by atoms with Crippen molar-refractivity contribution >= 4 is 11.8 Å². The lowest BCUT2D eigenvalue weighted by Crippen LogP contribution is -2.20. The molecule has 5 heteroatoms. The number of nitrogens with zero attached hydrogens (tertiary/aromatic N) is 3. The number of anilines is 2. The van der Waals surface area contributed by atoms with Crippen LogP contribution < -0.4 is 10.6 Å².